The van der Waals surface area contributed by atoms with Crippen molar-refractivity contribution in [1.29, 1.82) is 0 Å². The quantitative estimate of drug-likeness (QED) is 0.481. The number of benzene rings is 2. The first-order valence-corrected chi connectivity index (χ1v) is 11.0. The van der Waals surface area contributed by atoms with E-state index in [0.29, 0.717) is 17.9 Å². The number of aliphatic hydroxyl groups excluding tert-OH is 2. The number of aliphatic hydroxyl groups is 2. The van der Waals surface area contributed by atoms with E-state index in [1.54, 1.807) is 24.3 Å². The van der Waals surface area contributed by atoms with E-state index in [1.165, 1.54) is 6.92 Å². The van der Waals surface area contributed by atoms with Crippen LogP contribution in [0.15, 0.2) is 54.6 Å². The Hall–Kier alpha value is -2.94. The highest BCUT2D eigenvalue weighted by atomic mass is 16.7. The van der Waals surface area contributed by atoms with Gasteiger partial charge >= 0.3 is 11.9 Å². The Labute approximate surface area is 191 Å². The van der Waals surface area contributed by atoms with E-state index in [-0.39, 0.29) is 18.9 Å². The molecule has 1 aliphatic heterocycles. The molecule has 2 aromatic carbocycles. The summed E-state index contributed by atoms with van der Waals surface area (Å²) >= 11 is 0. The minimum absolute atomic E-state index is 0.0422. The van der Waals surface area contributed by atoms with Crippen LogP contribution in [0, 0.1) is 11.8 Å². The van der Waals surface area contributed by atoms with Crippen molar-refractivity contribution in [3.8, 4) is 5.75 Å². The summed E-state index contributed by atoms with van der Waals surface area (Å²) in [6.07, 6.45) is -2.80. The zero-order valence-corrected chi connectivity index (χ0v) is 18.1. The summed E-state index contributed by atoms with van der Waals surface area (Å²) in [5.41, 5.74) is 0.475. The average molecular weight is 454 g/mol. The van der Waals surface area contributed by atoms with Crippen molar-refractivity contribution in [2.24, 2.45) is 11.8 Å². The highest BCUT2D eigenvalue weighted by Crippen LogP contribution is 2.63. The third-order valence-corrected chi connectivity index (χ3v) is 6.87. The van der Waals surface area contributed by atoms with Gasteiger partial charge in [-0.2, -0.15) is 0 Å². The van der Waals surface area contributed by atoms with Crippen LogP contribution in [0.4, 0.5) is 0 Å². The standard InChI is InChI=1S/C25H26O8/c1-14(26)31-13-25-20-18(11-19(27)21(20)28)22(23(25)33-25)32-24(29)16-7-9-17(10-8-16)30-12-15-5-3-2-4-6-15/h2-10,18-23,27-28H,11-13H2,1H3/t18-,19-,20-,21-,22+,23+,25-/m1/s1. The number of esters is 2. The maximum absolute atomic E-state index is 12.8. The van der Waals surface area contributed by atoms with Gasteiger partial charge in [-0.05, 0) is 36.2 Å². The Morgan fingerprint density at radius 2 is 1.82 bits per heavy atom. The zero-order chi connectivity index (χ0) is 23.2. The Morgan fingerprint density at radius 3 is 2.52 bits per heavy atom. The van der Waals surface area contributed by atoms with Crippen LogP contribution < -0.4 is 4.74 Å². The fraction of sp³-hybridized carbons (Fsp3) is 0.440. The summed E-state index contributed by atoms with van der Waals surface area (Å²) < 4.78 is 22.5. The van der Waals surface area contributed by atoms with E-state index in [9.17, 15) is 19.8 Å². The van der Waals surface area contributed by atoms with Crippen molar-refractivity contribution >= 4 is 11.9 Å². The maximum Gasteiger partial charge on any atom is 0.338 e. The molecule has 2 aromatic rings. The SMILES string of the molecule is CC(=O)OC[C@]12O[C@H]1[C@@H](OC(=O)c1ccc(OCc3ccccc3)cc1)[C@@H]1C[C@@H](O)[C@@H](O)[C@@H]12. The fourth-order valence-corrected chi connectivity index (χ4v) is 5.28. The van der Waals surface area contributed by atoms with Crippen molar-refractivity contribution in [2.45, 2.75) is 50.0 Å². The number of hydrogen-bond donors (Lipinski definition) is 2. The number of carbonyl (C=O) groups excluding carboxylic acids is 2. The molecule has 3 aliphatic rings. The van der Waals surface area contributed by atoms with Crippen LogP contribution in [0.1, 0.15) is 29.3 Å². The first-order valence-electron chi connectivity index (χ1n) is 11.0. The van der Waals surface area contributed by atoms with Crippen molar-refractivity contribution in [1.82, 2.24) is 0 Å². The van der Waals surface area contributed by atoms with Crippen LogP contribution in [-0.4, -0.2) is 58.8 Å². The molecule has 33 heavy (non-hydrogen) atoms. The molecular weight excluding hydrogens is 428 g/mol. The molecule has 2 saturated carbocycles. The van der Waals surface area contributed by atoms with Crippen LogP contribution in [0.3, 0.4) is 0 Å². The molecule has 8 nitrogen and oxygen atoms in total. The van der Waals surface area contributed by atoms with Gasteiger partial charge in [0.05, 0.1) is 17.8 Å². The topological polar surface area (TPSA) is 115 Å². The molecule has 8 heteroatoms. The molecule has 5 rings (SSSR count). The van der Waals surface area contributed by atoms with Crippen LogP contribution in [-0.2, 0) is 25.6 Å². The summed E-state index contributed by atoms with van der Waals surface area (Å²) in [6.45, 7) is 1.68. The molecule has 7 atom stereocenters. The normalized spacial score (nSPS) is 33.7. The average Bonchev–Trinajstić information content (AvgIpc) is 3.38. The van der Waals surface area contributed by atoms with E-state index in [2.05, 4.69) is 0 Å². The Morgan fingerprint density at radius 1 is 1.09 bits per heavy atom. The van der Waals surface area contributed by atoms with Gasteiger partial charge in [0.2, 0.25) is 0 Å². The van der Waals surface area contributed by atoms with Gasteiger partial charge < -0.3 is 29.2 Å². The van der Waals surface area contributed by atoms with E-state index in [0.717, 1.165) is 5.56 Å². The van der Waals surface area contributed by atoms with Crippen molar-refractivity contribution < 1.29 is 38.7 Å². The molecule has 174 valence electrons. The smallest absolute Gasteiger partial charge is 0.338 e. The summed E-state index contributed by atoms with van der Waals surface area (Å²) in [5.74, 6) is -1.10. The highest BCUT2D eigenvalue weighted by molar-refractivity contribution is 5.89. The molecule has 2 N–H and O–H groups in total. The first-order chi connectivity index (χ1) is 15.9. The Bertz CT molecular complexity index is 1020. The monoisotopic (exact) mass is 454 g/mol. The van der Waals surface area contributed by atoms with Gasteiger partial charge in [0.15, 0.2) is 0 Å². The second kappa shape index (κ2) is 8.44. The van der Waals surface area contributed by atoms with Gasteiger partial charge in [-0.1, -0.05) is 30.3 Å². The number of carbonyl (C=O) groups is 2. The maximum atomic E-state index is 12.8. The van der Waals surface area contributed by atoms with Crippen molar-refractivity contribution in [3.63, 3.8) is 0 Å². The van der Waals surface area contributed by atoms with Gasteiger partial charge in [-0.15, -0.1) is 0 Å². The lowest BCUT2D eigenvalue weighted by Gasteiger charge is -2.25. The van der Waals surface area contributed by atoms with Gasteiger partial charge in [0.25, 0.3) is 0 Å². The third kappa shape index (κ3) is 3.99. The van der Waals surface area contributed by atoms with Crippen LogP contribution in [0.5, 0.6) is 5.75 Å². The number of rotatable bonds is 7. The molecule has 0 amide bonds. The zero-order valence-electron chi connectivity index (χ0n) is 18.1. The molecule has 0 unspecified atom stereocenters. The molecule has 1 heterocycles. The molecule has 2 aliphatic carbocycles. The fourth-order valence-electron chi connectivity index (χ4n) is 5.28. The minimum Gasteiger partial charge on any atom is -0.489 e. The van der Waals surface area contributed by atoms with Gasteiger partial charge in [0, 0.05) is 18.8 Å². The van der Waals surface area contributed by atoms with Gasteiger partial charge in [0.1, 0.15) is 36.8 Å². The van der Waals surface area contributed by atoms with Crippen LogP contribution in [0.2, 0.25) is 0 Å². The predicted molar refractivity (Wildman–Crippen MR) is 114 cm³/mol. The summed E-state index contributed by atoms with van der Waals surface area (Å²) in [7, 11) is 0. The van der Waals surface area contributed by atoms with E-state index in [1.807, 2.05) is 30.3 Å². The molecule has 0 aromatic heterocycles. The molecule has 0 bridgehead atoms. The number of epoxide rings is 1. The van der Waals surface area contributed by atoms with Gasteiger partial charge in [-0.3, -0.25) is 4.79 Å². The predicted octanol–water partition coefficient (Wildman–Crippen LogP) is 1.86. The summed E-state index contributed by atoms with van der Waals surface area (Å²) in [6, 6.07) is 16.4. The van der Waals surface area contributed by atoms with Gasteiger partial charge in [-0.25, -0.2) is 4.79 Å². The van der Waals surface area contributed by atoms with Crippen molar-refractivity contribution in [2.75, 3.05) is 6.61 Å². The number of hydrogen-bond acceptors (Lipinski definition) is 8. The molecular formula is C25H26O8. The second-order valence-corrected chi connectivity index (χ2v) is 8.93. The van der Waals surface area contributed by atoms with Crippen LogP contribution >= 0.6 is 0 Å². The molecule has 0 spiro atoms. The van der Waals surface area contributed by atoms with E-state index < -0.39 is 47.9 Å². The van der Waals surface area contributed by atoms with E-state index in [4.69, 9.17) is 18.9 Å². The Balaban J connectivity index is 1.24. The molecule has 0 radical (unpaired) electrons. The summed E-state index contributed by atoms with van der Waals surface area (Å²) in [4.78, 5) is 24.2. The van der Waals surface area contributed by atoms with Crippen molar-refractivity contribution in [3.05, 3.63) is 65.7 Å². The first kappa shape index (κ1) is 21.9. The Kier molecular flexibility index (Phi) is 5.60. The lowest BCUT2D eigenvalue weighted by atomic mass is 9.89. The highest BCUT2D eigenvalue weighted by Gasteiger charge is 2.79. The lowest BCUT2D eigenvalue weighted by molar-refractivity contribution is -0.144. The molecule has 3 fully saturated rings. The summed E-state index contributed by atoms with van der Waals surface area (Å²) in [5, 5.41) is 20.7. The van der Waals surface area contributed by atoms with Crippen LogP contribution in [0.25, 0.3) is 0 Å². The molecule has 1 saturated heterocycles. The minimum atomic E-state index is -1.03. The largest absolute Gasteiger partial charge is 0.489 e. The third-order valence-electron chi connectivity index (χ3n) is 6.87. The number of fused-ring (bicyclic) bond motifs is 3. The second-order valence-electron chi connectivity index (χ2n) is 8.93. The number of ether oxygens (including phenoxy) is 4. The lowest BCUT2D eigenvalue weighted by Crippen LogP contribution is -2.39. The van der Waals surface area contributed by atoms with E-state index >= 15 is 0 Å².